The van der Waals surface area contributed by atoms with Crippen molar-refractivity contribution in [1.82, 2.24) is 19.5 Å². The molecule has 6 aromatic rings. The van der Waals surface area contributed by atoms with E-state index < -0.39 is 0 Å². The summed E-state index contributed by atoms with van der Waals surface area (Å²) >= 11 is 0. The number of para-hydroxylation sites is 1. The van der Waals surface area contributed by atoms with Crippen LogP contribution >= 0.6 is 0 Å². The van der Waals surface area contributed by atoms with Gasteiger partial charge in [-0.15, -0.1) is 0 Å². The fourth-order valence-corrected chi connectivity index (χ4v) is 6.06. The Morgan fingerprint density at radius 2 is 1.20 bits per heavy atom. The highest BCUT2D eigenvalue weighted by Gasteiger charge is 2.29. The molecule has 0 saturated carbocycles. The van der Waals surface area contributed by atoms with Crippen LogP contribution in [-0.4, -0.2) is 25.2 Å². The van der Waals surface area contributed by atoms with Crippen LogP contribution in [0.3, 0.4) is 0 Å². The molecule has 0 amide bonds. The average Bonchev–Trinajstić information content (AvgIpc) is 3.50. The number of benzene rings is 4. The number of hydrogen-bond donors (Lipinski definition) is 0. The molecular weight excluding hydrogens is 611 g/mol. The lowest BCUT2D eigenvalue weighted by Gasteiger charge is -2.16. The Morgan fingerprint density at radius 1 is 0.640 bits per heavy atom. The molecule has 2 aromatic heterocycles. The quantitative estimate of drug-likeness (QED) is 0.109. The van der Waals surface area contributed by atoms with Gasteiger partial charge in [0.2, 0.25) is 5.95 Å². The molecule has 0 fully saturated rings. The summed E-state index contributed by atoms with van der Waals surface area (Å²) in [5, 5.41) is 0. The maximum absolute atomic E-state index is 5.27. The maximum atomic E-state index is 5.27. The smallest absolute Gasteiger partial charge is 0.238 e. The van der Waals surface area contributed by atoms with Gasteiger partial charge in [0.15, 0.2) is 11.6 Å². The van der Waals surface area contributed by atoms with E-state index in [-0.39, 0.29) is 0 Å². The lowest BCUT2D eigenvalue weighted by molar-refractivity contribution is 0.908. The highest BCUT2D eigenvalue weighted by Crippen LogP contribution is 2.41. The van der Waals surface area contributed by atoms with Gasteiger partial charge in [0.1, 0.15) is 0 Å². The summed E-state index contributed by atoms with van der Waals surface area (Å²) < 4.78 is 2.19. The average molecular weight is 652 g/mol. The van der Waals surface area contributed by atoms with Crippen molar-refractivity contribution in [1.29, 1.82) is 0 Å². The van der Waals surface area contributed by atoms with Gasteiger partial charge in [0.25, 0.3) is 0 Å². The second kappa shape index (κ2) is 15.8. The van der Waals surface area contributed by atoms with E-state index in [1.807, 2.05) is 98.8 Å². The summed E-state index contributed by atoms with van der Waals surface area (Å²) in [6.45, 7) is 10.3. The van der Waals surface area contributed by atoms with Crippen molar-refractivity contribution in [2.45, 2.75) is 34.6 Å². The molecule has 0 aliphatic heterocycles. The van der Waals surface area contributed by atoms with Gasteiger partial charge in [-0.25, -0.2) is 4.98 Å². The van der Waals surface area contributed by atoms with Crippen LogP contribution in [0.2, 0.25) is 0 Å². The molecule has 4 aromatic carbocycles. The molecule has 0 spiro atoms. The zero-order valence-electron chi connectivity index (χ0n) is 29.2. The van der Waals surface area contributed by atoms with E-state index in [4.69, 9.17) is 19.9 Å². The van der Waals surface area contributed by atoms with Crippen LogP contribution < -0.4 is 0 Å². The number of allylic oxidation sites excluding steroid dienone is 7. The maximum Gasteiger partial charge on any atom is 0.238 e. The molecule has 246 valence electrons. The summed E-state index contributed by atoms with van der Waals surface area (Å²) in [6, 6.07) is 38.9. The lowest BCUT2D eigenvalue weighted by atomic mass is 9.95. The Bertz CT molecular complexity index is 2180. The fraction of sp³-hybridized carbons (Fsp3) is 0.111. The van der Waals surface area contributed by atoms with E-state index in [0.717, 1.165) is 61.7 Å². The van der Waals surface area contributed by atoms with Gasteiger partial charge >= 0.3 is 0 Å². The lowest BCUT2D eigenvalue weighted by Crippen LogP contribution is -2.13. The summed E-state index contributed by atoms with van der Waals surface area (Å²) in [5.74, 6) is 1.69. The predicted octanol–water partition coefficient (Wildman–Crippen LogP) is 11.7. The van der Waals surface area contributed by atoms with E-state index in [1.54, 1.807) is 0 Å². The van der Waals surface area contributed by atoms with Crippen molar-refractivity contribution in [2.75, 3.05) is 0 Å². The first-order valence-electron chi connectivity index (χ1n) is 17.0. The van der Waals surface area contributed by atoms with Gasteiger partial charge in [-0.2, -0.15) is 9.97 Å². The van der Waals surface area contributed by atoms with Crippen LogP contribution in [0, 0.1) is 6.92 Å². The molecule has 5 nitrogen and oxygen atoms in total. The number of rotatable bonds is 10. The van der Waals surface area contributed by atoms with E-state index in [1.165, 1.54) is 0 Å². The zero-order valence-corrected chi connectivity index (χ0v) is 29.2. The number of nitrogens with zero attached hydrogens (tertiary/aromatic N) is 5. The molecule has 0 saturated heterocycles. The third-order valence-electron chi connectivity index (χ3n) is 8.33. The zero-order chi connectivity index (χ0) is 34.9. The summed E-state index contributed by atoms with van der Waals surface area (Å²) in [5.41, 5.74) is 10.7. The third-order valence-corrected chi connectivity index (χ3v) is 8.33. The topological polar surface area (TPSA) is 56.0 Å². The Labute approximate surface area is 295 Å². The first-order chi connectivity index (χ1) is 24.5. The normalized spacial score (nSPS) is 12.5. The molecule has 0 bridgehead atoms. The van der Waals surface area contributed by atoms with Crippen molar-refractivity contribution >= 4 is 23.0 Å². The Hall–Kier alpha value is -6.20. The highest BCUT2D eigenvalue weighted by atomic mass is 15.2. The minimum Gasteiger partial charge on any atom is -0.275 e. The van der Waals surface area contributed by atoms with Gasteiger partial charge in [-0.1, -0.05) is 152 Å². The van der Waals surface area contributed by atoms with Crippen molar-refractivity contribution in [3.05, 3.63) is 174 Å². The first kappa shape index (κ1) is 33.7. The molecular formula is C45H41N5. The number of hydrogen-bond acceptors (Lipinski definition) is 4. The van der Waals surface area contributed by atoms with Crippen LogP contribution in [0.5, 0.6) is 0 Å². The van der Waals surface area contributed by atoms with Crippen LogP contribution in [-0.2, 0) is 0 Å². The van der Waals surface area contributed by atoms with Gasteiger partial charge in [0.05, 0.1) is 22.8 Å². The third kappa shape index (κ3) is 7.13. The van der Waals surface area contributed by atoms with Gasteiger partial charge in [0, 0.05) is 22.3 Å². The Balaban J connectivity index is 1.83. The molecule has 0 aliphatic carbocycles. The van der Waals surface area contributed by atoms with Gasteiger partial charge in [-0.3, -0.25) is 9.56 Å². The minimum atomic E-state index is 0.508. The molecule has 0 aliphatic rings. The minimum absolute atomic E-state index is 0.508. The molecule has 50 heavy (non-hydrogen) atoms. The van der Waals surface area contributed by atoms with Crippen LogP contribution in [0.15, 0.2) is 157 Å². The highest BCUT2D eigenvalue weighted by molar-refractivity contribution is 6.07. The number of aliphatic imine (C=N–C) groups is 1. The molecule has 6 rings (SSSR count). The summed E-state index contributed by atoms with van der Waals surface area (Å²) in [7, 11) is 0. The molecule has 5 heteroatoms. The van der Waals surface area contributed by atoms with Gasteiger partial charge < -0.3 is 0 Å². The molecule has 0 N–H and O–H groups in total. The van der Waals surface area contributed by atoms with Crippen LogP contribution in [0.1, 0.15) is 50.1 Å². The Morgan fingerprint density at radius 3 is 1.74 bits per heavy atom. The molecule has 0 unspecified atom stereocenters. The summed E-state index contributed by atoms with van der Waals surface area (Å²) in [6.07, 6.45) is 14.8. The second-order valence-corrected chi connectivity index (χ2v) is 11.8. The number of aromatic nitrogens is 4. The van der Waals surface area contributed by atoms with Crippen molar-refractivity contribution in [3.63, 3.8) is 0 Å². The number of aryl methyl sites for hydroxylation is 1. The largest absolute Gasteiger partial charge is 0.275 e. The monoisotopic (exact) mass is 651 g/mol. The molecule has 0 radical (unpaired) electrons. The fourth-order valence-electron chi connectivity index (χ4n) is 6.06. The van der Waals surface area contributed by atoms with E-state index in [9.17, 15) is 0 Å². The second-order valence-electron chi connectivity index (χ2n) is 11.8. The Kier molecular flexibility index (Phi) is 10.6. The summed E-state index contributed by atoms with van der Waals surface area (Å²) in [4.78, 5) is 20.8. The van der Waals surface area contributed by atoms with Crippen molar-refractivity contribution < 1.29 is 0 Å². The molecule has 2 heterocycles. The SMILES string of the molecule is C\C=C/C=C(\C=C/C)c1c(/C=C\C)c(C(C)=Nc2ccccc2C)n(-c2nc(-c3ccccc3)nc(-c3ccccc3)n2)c1-c1ccccc1. The van der Waals surface area contributed by atoms with E-state index in [0.29, 0.717) is 17.6 Å². The van der Waals surface area contributed by atoms with Gasteiger partial charge in [-0.05, 0) is 57.4 Å². The van der Waals surface area contributed by atoms with E-state index in [2.05, 4.69) is 98.2 Å². The van der Waals surface area contributed by atoms with Crippen molar-refractivity contribution in [2.24, 2.45) is 4.99 Å². The van der Waals surface area contributed by atoms with E-state index >= 15 is 0 Å². The predicted molar refractivity (Wildman–Crippen MR) is 211 cm³/mol. The van der Waals surface area contributed by atoms with Crippen molar-refractivity contribution in [3.8, 4) is 40.0 Å². The van der Waals surface area contributed by atoms with Crippen LogP contribution in [0.4, 0.5) is 5.69 Å². The first-order valence-corrected chi connectivity index (χ1v) is 17.0. The standard InChI is InChI=1S/C45H41N5/c1-6-9-24-34(21-7-2)40-38(22-8-3)41(33(5)46-39-31-20-19-23-32(39)4)50(42(40)35-25-13-10-14-26-35)45-48-43(36-27-15-11-16-28-36)47-44(49-45)37-29-17-12-18-30-37/h6-31H,1-5H3/b9-6-,21-7-,22-8-,34-24+,46-33?. The van der Waals surface area contributed by atoms with Crippen LogP contribution in [0.25, 0.3) is 51.6 Å². The molecule has 0 atom stereocenters.